The SMILES string of the molecule is COC(=O)[C@@H]1CC[C@@]2(C)[C@@H](CC(=O)[C@](C)(C(=O)OC)[C@]23CC[C@]2(CO[C@H](OC)C2)O3)C1(C)C. The van der Waals surface area contributed by atoms with Crippen LogP contribution in [0.3, 0.4) is 0 Å². The zero-order valence-corrected chi connectivity index (χ0v) is 20.9. The van der Waals surface area contributed by atoms with E-state index in [4.69, 9.17) is 23.7 Å². The van der Waals surface area contributed by atoms with E-state index < -0.39 is 33.4 Å². The Kier molecular flexibility index (Phi) is 5.78. The van der Waals surface area contributed by atoms with Crippen molar-refractivity contribution in [3.63, 3.8) is 0 Å². The third kappa shape index (κ3) is 3.02. The first-order valence-electron chi connectivity index (χ1n) is 11.9. The van der Waals surface area contributed by atoms with Crippen LogP contribution in [0, 0.1) is 28.1 Å². The van der Waals surface area contributed by atoms with Gasteiger partial charge in [-0.15, -0.1) is 0 Å². The highest BCUT2D eigenvalue weighted by molar-refractivity contribution is 6.06. The van der Waals surface area contributed by atoms with Crippen molar-refractivity contribution in [2.24, 2.45) is 28.1 Å². The molecule has 2 aliphatic heterocycles. The summed E-state index contributed by atoms with van der Waals surface area (Å²) in [6, 6.07) is 0. The number of ether oxygens (including phenoxy) is 5. The summed E-state index contributed by atoms with van der Waals surface area (Å²) in [6.45, 7) is 8.28. The molecule has 2 spiro atoms. The lowest BCUT2D eigenvalue weighted by Crippen LogP contribution is -2.73. The van der Waals surface area contributed by atoms with E-state index in [0.717, 1.165) is 0 Å². The molecule has 186 valence electrons. The first kappa shape index (κ1) is 24.6. The maximum Gasteiger partial charge on any atom is 0.322 e. The summed E-state index contributed by atoms with van der Waals surface area (Å²) in [5, 5.41) is 0. The number of carbonyl (C=O) groups is 3. The van der Waals surface area contributed by atoms with Crippen molar-refractivity contribution < 1.29 is 38.1 Å². The lowest BCUT2D eigenvalue weighted by atomic mass is 9.39. The van der Waals surface area contributed by atoms with Gasteiger partial charge in [0.25, 0.3) is 0 Å². The van der Waals surface area contributed by atoms with E-state index in [1.807, 2.05) is 13.8 Å². The molecule has 7 atom stereocenters. The molecule has 2 saturated heterocycles. The van der Waals surface area contributed by atoms with E-state index >= 15 is 0 Å². The topological polar surface area (TPSA) is 97.4 Å². The molecule has 0 aromatic rings. The van der Waals surface area contributed by atoms with Crippen LogP contribution >= 0.6 is 0 Å². The first-order valence-corrected chi connectivity index (χ1v) is 11.9. The molecule has 4 fully saturated rings. The van der Waals surface area contributed by atoms with Gasteiger partial charge in [-0.1, -0.05) is 20.8 Å². The van der Waals surface area contributed by atoms with Gasteiger partial charge in [0.1, 0.15) is 0 Å². The highest BCUT2D eigenvalue weighted by Gasteiger charge is 2.78. The van der Waals surface area contributed by atoms with E-state index in [2.05, 4.69) is 6.92 Å². The number of fused-ring (bicyclic) bond motifs is 2. The number of ketones is 1. The van der Waals surface area contributed by atoms with Crippen LogP contribution in [0.4, 0.5) is 0 Å². The van der Waals surface area contributed by atoms with Crippen molar-refractivity contribution in [2.75, 3.05) is 27.9 Å². The predicted molar refractivity (Wildman–Crippen MR) is 117 cm³/mol. The van der Waals surface area contributed by atoms with Crippen LogP contribution in [0.2, 0.25) is 0 Å². The normalized spacial score (nSPS) is 46.4. The van der Waals surface area contributed by atoms with Crippen molar-refractivity contribution >= 4 is 17.7 Å². The lowest BCUT2D eigenvalue weighted by molar-refractivity contribution is -0.270. The number of methoxy groups -OCH3 is 3. The average Bonchev–Trinajstić information content (AvgIpc) is 3.38. The van der Waals surface area contributed by atoms with Crippen LogP contribution in [0.5, 0.6) is 0 Å². The Morgan fingerprint density at radius 2 is 1.70 bits per heavy atom. The molecule has 8 nitrogen and oxygen atoms in total. The van der Waals surface area contributed by atoms with Crippen LogP contribution in [0.25, 0.3) is 0 Å². The van der Waals surface area contributed by atoms with Crippen molar-refractivity contribution in [1.29, 1.82) is 0 Å². The van der Waals surface area contributed by atoms with Gasteiger partial charge in [0.05, 0.1) is 37.9 Å². The summed E-state index contributed by atoms with van der Waals surface area (Å²) in [5.74, 6) is -1.48. The molecular weight excluding hydrogens is 428 g/mol. The summed E-state index contributed by atoms with van der Waals surface area (Å²) in [5.41, 5.74) is -4.19. The fraction of sp³-hybridized carbons (Fsp3) is 0.880. The van der Waals surface area contributed by atoms with Gasteiger partial charge in [0.2, 0.25) is 0 Å². The maximum absolute atomic E-state index is 13.9. The van der Waals surface area contributed by atoms with Gasteiger partial charge >= 0.3 is 11.9 Å². The molecule has 2 aliphatic carbocycles. The predicted octanol–water partition coefficient (Wildman–Crippen LogP) is 3.05. The summed E-state index contributed by atoms with van der Waals surface area (Å²) < 4.78 is 28.6. The number of rotatable bonds is 3. The molecule has 0 aromatic heterocycles. The molecule has 0 N–H and O–H groups in total. The zero-order valence-electron chi connectivity index (χ0n) is 20.9. The summed E-state index contributed by atoms with van der Waals surface area (Å²) in [6.07, 6.45) is 2.81. The highest BCUT2D eigenvalue weighted by atomic mass is 16.7. The van der Waals surface area contributed by atoms with Gasteiger partial charge in [-0.3, -0.25) is 14.4 Å². The molecule has 4 aliphatic rings. The largest absolute Gasteiger partial charge is 0.469 e. The van der Waals surface area contributed by atoms with Gasteiger partial charge in [-0.05, 0) is 43.9 Å². The summed E-state index contributed by atoms with van der Waals surface area (Å²) in [7, 11) is 4.33. The van der Waals surface area contributed by atoms with Gasteiger partial charge in [0, 0.05) is 25.4 Å². The molecule has 2 saturated carbocycles. The molecule has 33 heavy (non-hydrogen) atoms. The first-order chi connectivity index (χ1) is 15.4. The quantitative estimate of drug-likeness (QED) is 0.462. The smallest absolute Gasteiger partial charge is 0.322 e. The molecule has 0 aromatic carbocycles. The third-order valence-corrected chi connectivity index (χ3v) is 9.93. The molecule has 2 heterocycles. The summed E-state index contributed by atoms with van der Waals surface area (Å²) in [4.78, 5) is 39.9. The molecule has 0 amide bonds. The highest BCUT2D eigenvalue weighted by Crippen LogP contribution is 2.71. The van der Waals surface area contributed by atoms with Crippen molar-refractivity contribution in [1.82, 2.24) is 0 Å². The minimum absolute atomic E-state index is 0.163. The molecule has 0 radical (unpaired) electrons. The number of Topliss-reactive ketones (excluding diaryl/α,β-unsaturated/α-hetero) is 1. The molecule has 0 bridgehead atoms. The van der Waals surface area contributed by atoms with E-state index in [-0.39, 0.29) is 36.3 Å². The van der Waals surface area contributed by atoms with Gasteiger partial charge in [-0.25, -0.2) is 0 Å². The third-order valence-electron chi connectivity index (χ3n) is 9.93. The number of hydrogen-bond donors (Lipinski definition) is 0. The van der Waals surface area contributed by atoms with E-state index in [9.17, 15) is 14.4 Å². The Hall–Kier alpha value is -1.51. The molecule has 8 heteroatoms. The zero-order chi connectivity index (χ0) is 24.4. The van der Waals surface area contributed by atoms with Crippen LogP contribution in [0.15, 0.2) is 0 Å². The lowest BCUT2D eigenvalue weighted by Gasteiger charge is -2.66. The second kappa shape index (κ2) is 7.75. The molecule has 4 rings (SSSR count). The Bertz CT molecular complexity index is 853. The fourth-order valence-electron chi connectivity index (χ4n) is 7.95. The van der Waals surface area contributed by atoms with Gasteiger partial charge in [-0.2, -0.15) is 0 Å². The van der Waals surface area contributed by atoms with E-state index in [0.29, 0.717) is 38.7 Å². The van der Waals surface area contributed by atoms with Crippen LogP contribution in [-0.4, -0.2) is 63.2 Å². The Morgan fingerprint density at radius 1 is 1.00 bits per heavy atom. The Balaban J connectivity index is 1.85. The summed E-state index contributed by atoms with van der Waals surface area (Å²) >= 11 is 0. The van der Waals surface area contributed by atoms with Crippen LogP contribution in [0.1, 0.15) is 66.2 Å². The minimum atomic E-state index is -1.45. The van der Waals surface area contributed by atoms with E-state index in [1.54, 1.807) is 14.0 Å². The fourth-order valence-corrected chi connectivity index (χ4v) is 7.95. The maximum atomic E-state index is 13.9. The van der Waals surface area contributed by atoms with Crippen molar-refractivity contribution in [2.45, 2.75) is 83.7 Å². The number of hydrogen-bond acceptors (Lipinski definition) is 8. The number of carbonyl (C=O) groups excluding carboxylic acids is 3. The van der Waals surface area contributed by atoms with Crippen LogP contribution in [-0.2, 0) is 38.1 Å². The second-order valence-electron chi connectivity index (χ2n) is 11.4. The van der Waals surface area contributed by atoms with E-state index in [1.165, 1.54) is 14.2 Å². The molecule has 0 unspecified atom stereocenters. The average molecular weight is 467 g/mol. The molecular formula is C25H38O8. The van der Waals surface area contributed by atoms with Crippen molar-refractivity contribution in [3.05, 3.63) is 0 Å². The van der Waals surface area contributed by atoms with Crippen LogP contribution < -0.4 is 0 Å². The number of esters is 2. The standard InChI is InChI=1S/C25H38O8/c1-21(2)15(19(27)30-6)8-9-22(3)16(21)12-17(26)23(4,20(28)31-7)25(22)11-10-24(33-25)13-18(29-5)32-14-24/h15-16,18H,8-14H2,1-7H3/t15-,16-,18-,22-,23+,24-,25-/m0/s1. The van der Waals surface area contributed by atoms with Crippen molar-refractivity contribution in [3.8, 4) is 0 Å². The Labute approximate surface area is 196 Å². The second-order valence-corrected chi connectivity index (χ2v) is 11.4. The Morgan fingerprint density at radius 3 is 2.27 bits per heavy atom. The monoisotopic (exact) mass is 466 g/mol. The van der Waals surface area contributed by atoms with Gasteiger partial charge < -0.3 is 23.7 Å². The minimum Gasteiger partial charge on any atom is -0.469 e. The van der Waals surface area contributed by atoms with Gasteiger partial charge in [0.15, 0.2) is 17.5 Å².